The van der Waals surface area contributed by atoms with E-state index < -0.39 is 0 Å². The molecule has 0 amide bonds. The van der Waals surface area contributed by atoms with Crippen molar-refractivity contribution in [2.75, 3.05) is 19.8 Å². The average Bonchev–Trinajstić information content (AvgIpc) is 3.01. The molecule has 5 heteroatoms. The van der Waals surface area contributed by atoms with Crippen LogP contribution in [-0.4, -0.2) is 42.5 Å². The Labute approximate surface area is 132 Å². The Balaban J connectivity index is 1.57. The second-order valence-electron chi connectivity index (χ2n) is 6.77. The van der Waals surface area contributed by atoms with Gasteiger partial charge in [-0.15, -0.1) is 11.3 Å². The predicted molar refractivity (Wildman–Crippen MR) is 87.0 cm³/mol. The number of aryl methyl sites for hydroxylation is 1. The van der Waals surface area contributed by atoms with E-state index in [1.54, 1.807) is 11.3 Å². The summed E-state index contributed by atoms with van der Waals surface area (Å²) in [4.78, 5) is 5.58. The SMILES string of the molecule is Cc1ncsc1CCOCC1CCC(CNC(C)(C)C)O1. The molecule has 1 saturated heterocycles. The summed E-state index contributed by atoms with van der Waals surface area (Å²) in [5.41, 5.74) is 3.19. The molecule has 4 nitrogen and oxygen atoms in total. The number of hydrogen-bond acceptors (Lipinski definition) is 5. The third-order valence-electron chi connectivity index (χ3n) is 3.68. The van der Waals surface area contributed by atoms with Gasteiger partial charge in [-0.2, -0.15) is 0 Å². The van der Waals surface area contributed by atoms with Gasteiger partial charge >= 0.3 is 0 Å². The molecule has 1 fully saturated rings. The van der Waals surface area contributed by atoms with Gasteiger partial charge in [0.25, 0.3) is 0 Å². The minimum absolute atomic E-state index is 0.157. The van der Waals surface area contributed by atoms with Crippen molar-refractivity contribution in [3.8, 4) is 0 Å². The Morgan fingerprint density at radius 2 is 2.14 bits per heavy atom. The Kier molecular flexibility index (Phi) is 6.17. The van der Waals surface area contributed by atoms with Crippen molar-refractivity contribution in [3.05, 3.63) is 16.1 Å². The molecule has 1 aliphatic rings. The summed E-state index contributed by atoms with van der Waals surface area (Å²) in [5, 5.41) is 3.51. The van der Waals surface area contributed by atoms with Crippen LogP contribution in [0.3, 0.4) is 0 Å². The quantitative estimate of drug-likeness (QED) is 0.786. The van der Waals surface area contributed by atoms with Crippen molar-refractivity contribution in [2.24, 2.45) is 0 Å². The summed E-state index contributed by atoms with van der Waals surface area (Å²) in [6, 6.07) is 0. The lowest BCUT2D eigenvalue weighted by Crippen LogP contribution is -2.41. The molecular weight excluding hydrogens is 284 g/mol. The number of thiazole rings is 1. The van der Waals surface area contributed by atoms with E-state index in [4.69, 9.17) is 9.47 Å². The van der Waals surface area contributed by atoms with Crippen molar-refractivity contribution in [3.63, 3.8) is 0 Å². The number of aromatic nitrogens is 1. The summed E-state index contributed by atoms with van der Waals surface area (Å²) >= 11 is 1.71. The highest BCUT2D eigenvalue weighted by molar-refractivity contribution is 7.09. The zero-order chi connectivity index (χ0) is 15.3. The van der Waals surface area contributed by atoms with Gasteiger partial charge in [0.15, 0.2) is 0 Å². The Bertz CT molecular complexity index is 428. The van der Waals surface area contributed by atoms with Crippen LogP contribution in [0.4, 0.5) is 0 Å². The van der Waals surface area contributed by atoms with Gasteiger partial charge in [-0.3, -0.25) is 0 Å². The number of rotatable bonds is 7. The van der Waals surface area contributed by atoms with Crippen LogP contribution in [0.25, 0.3) is 0 Å². The van der Waals surface area contributed by atoms with Gasteiger partial charge in [0, 0.05) is 23.4 Å². The Morgan fingerprint density at radius 3 is 2.81 bits per heavy atom. The van der Waals surface area contributed by atoms with Crippen molar-refractivity contribution in [2.45, 2.75) is 64.7 Å². The molecule has 21 heavy (non-hydrogen) atoms. The van der Waals surface area contributed by atoms with Gasteiger partial charge in [-0.05, 0) is 40.5 Å². The van der Waals surface area contributed by atoms with Gasteiger partial charge in [-0.1, -0.05) is 0 Å². The lowest BCUT2D eigenvalue weighted by Gasteiger charge is -2.23. The highest BCUT2D eigenvalue weighted by Crippen LogP contribution is 2.20. The van der Waals surface area contributed by atoms with E-state index in [9.17, 15) is 0 Å². The van der Waals surface area contributed by atoms with E-state index >= 15 is 0 Å². The van der Waals surface area contributed by atoms with Crippen LogP contribution in [0.5, 0.6) is 0 Å². The van der Waals surface area contributed by atoms with Crippen LogP contribution >= 0.6 is 11.3 Å². The first-order valence-corrected chi connectivity index (χ1v) is 8.69. The minimum Gasteiger partial charge on any atom is -0.378 e. The molecule has 2 heterocycles. The summed E-state index contributed by atoms with van der Waals surface area (Å²) < 4.78 is 11.8. The third-order valence-corrected chi connectivity index (χ3v) is 4.67. The molecule has 1 aliphatic heterocycles. The lowest BCUT2D eigenvalue weighted by atomic mass is 10.1. The van der Waals surface area contributed by atoms with Crippen molar-refractivity contribution >= 4 is 11.3 Å². The van der Waals surface area contributed by atoms with E-state index in [-0.39, 0.29) is 11.6 Å². The highest BCUT2D eigenvalue weighted by atomic mass is 32.1. The normalized spacial score (nSPS) is 22.9. The summed E-state index contributed by atoms with van der Waals surface area (Å²) in [7, 11) is 0. The first-order valence-electron chi connectivity index (χ1n) is 7.81. The lowest BCUT2D eigenvalue weighted by molar-refractivity contribution is -0.0149. The number of ether oxygens (including phenoxy) is 2. The molecule has 0 spiro atoms. The molecule has 0 aliphatic carbocycles. The maximum absolute atomic E-state index is 6.02. The minimum atomic E-state index is 0.157. The highest BCUT2D eigenvalue weighted by Gasteiger charge is 2.26. The fourth-order valence-corrected chi connectivity index (χ4v) is 3.18. The smallest absolute Gasteiger partial charge is 0.0813 e. The van der Waals surface area contributed by atoms with E-state index in [2.05, 4.69) is 38.0 Å². The molecule has 2 rings (SSSR count). The zero-order valence-corrected chi connectivity index (χ0v) is 14.5. The average molecular weight is 312 g/mol. The van der Waals surface area contributed by atoms with Crippen LogP contribution < -0.4 is 5.32 Å². The van der Waals surface area contributed by atoms with Crippen molar-refractivity contribution < 1.29 is 9.47 Å². The summed E-state index contributed by atoms with van der Waals surface area (Å²) in [5.74, 6) is 0. The molecule has 1 aromatic heterocycles. The van der Waals surface area contributed by atoms with Gasteiger partial charge in [0.1, 0.15) is 0 Å². The molecule has 2 unspecified atom stereocenters. The monoisotopic (exact) mass is 312 g/mol. The molecule has 0 aromatic carbocycles. The van der Waals surface area contributed by atoms with E-state index in [1.165, 1.54) is 4.88 Å². The van der Waals surface area contributed by atoms with Gasteiger partial charge < -0.3 is 14.8 Å². The number of hydrogen-bond donors (Lipinski definition) is 1. The largest absolute Gasteiger partial charge is 0.378 e. The predicted octanol–water partition coefficient (Wildman–Crippen LogP) is 2.95. The van der Waals surface area contributed by atoms with Crippen molar-refractivity contribution in [1.29, 1.82) is 0 Å². The van der Waals surface area contributed by atoms with E-state index in [1.807, 2.05) is 5.51 Å². The van der Waals surface area contributed by atoms with Gasteiger partial charge in [-0.25, -0.2) is 4.98 Å². The van der Waals surface area contributed by atoms with Crippen LogP contribution in [0.2, 0.25) is 0 Å². The fraction of sp³-hybridized carbons (Fsp3) is 0.812. The Hall–Kier alpha value is -0.490. The molecule has 1 N–H and O–H groups in total. The van der Waals surface area contributed by atoms with Crippen LogP contribution in [0.1, 0.15) is 44.2 Å². The summed E-state index contributed by atoms with van der Waals surface area (Å²) in [6.45, 7) is 11.0. The maximum atomic E-state index is 6.02. The topological polar surface area (TPSA) is 43.4 Å². The van der Waals surface area contributed by atoms with Crippen LogP contribution in [0.15, 0.2) is 5.51 Å². The zero-order valence-electron chi connectivity index (χ0n) is 13.6. The molecule has 1 aromatic rings. The third kappa shape index (κ3) is 6.02. The second kappa shape index (κ2) is 7.68. The first kappa shape index (κ1) is 16.9. The van der Waals surface area contributed by atoms with Gasteiger partial charge in [0.2, 0.25) is 0 Å². The van der Waals surface area contributed by atoms with Crippen LogP contribution in [0, 0.1) is 6.92 Å². The molecule has 0 bridgehead atoms. The first-order chi connectivity index (χ1) is 9.94. The molecular formula is C16H28N2O2S. The molecule has 2 atom stereocenters. The number of nitrogens with zero attached hydrogens (tertiary/aromatic N) is 1. The molecule has 0 radical (unpaired) electrons. The van der Waals surface area contributed by atoms with Crippen molar-refractivity contribution in [1.82, 2.24) is 10.3 Å². The fourth-order valence-electron chi connectivity index (χ4n) is 2.42. The summed E-state index contributed by atoms with van der Waals surface area (Å²) in [6.07, 6.45) is 3.79. The molecule has 120 valence electrons. The van der Waals surface area contributed by atoms with Gasteiger partial charge in [0.05, 0.1) is 36.6 Å². The molecule has 0 saturated carbocycles. The van der Waals surface area contributed by atoms with Crippen LogP contribution in [-0.2, 0) is 15.9 Å². The number of nitrogens with one attached hydrogen (secondary N) is 1. The maximum Gasteiger partial charge on any atom is 0.0813 e. The standard InChI is InChI=1S/C16H28N2O2S/c1-12-15(21-11-17-12)7-8-19-10-14-6-5-13(20-14)9-18-16(2,3)4/h11,13-14,18H,5-10H2,1-4H3. The van der Waals surface area contributed by atoms with E-state index in [0.29, 0.717) is 12.7 Å². The van der Waals surface area contributed by atoms with E-state index in [0.717, 1.165) is 38.1 Å². The second-order valence-corrected chi connectivity index (χ2v) is 7.71. The Morgan fingerprint density at radius 1 is 1.38 bits per heavy atom.